The first kappa shape index (κ1) is 11.8. The minimum Gasteiger partial charge on any atom is -0.485 e. The molecule has 16 heavy (non-hydrogen) atoms. The van der Waals surface area contributed by atoms with Crippen molar-refractivity contribution < 1.29 is 4.74 Å². The number of benzene rings is 1. The summed E-state index contributed by atoms with van der Waals surface area (Å²) in [6.45, 7) is 0.309. The summed E-state index contributed by atoms with van der Waals surface area (Å²) in [5.41, 5.74) is 6.33. The summed E-state index contributed by atoms with van der Waals surface area (Å²) in [5.74, 6) is 0.731. The molecule has 0 amide bonds. The lowest BCUT2D eigenvalue weighted by atomic mass is 10.3. The average Bonchev–Trinajstić information content (AvgIpc) is 2.64. The van der Waals surface area contributed by atoms with E-state index in [0.29, 0.717) is 17.3 Å². The van der Waals surface area contributed by atoms with E-state index >= 15 is 0 Å². The van der Waals surface area contributed by atoms with Gasteiger partial charge in [0.25, 0.3) is 0 Å². The van der Waals surface area contributed by atoms with Crippen LogP contribution in [0.3, 0.4) is 0 Å². The molecule has 7 heteroatoms. The molecular weight excluding hydrogens is 358 g/mol. The summed E-state index contributed by atoms with van der Waals surface area (Å²) in [4.78, 5) is 0. The summed E-state index contributed by atoms with van der Waals surface area (Å²) in [6.07, 6.45) is 0. The fourth-order valence-corrected chi connectivity index (χ4v) is 2.74. The Labute approximate surface area is 113 Å². The predicted molar refractivity (Wildman–Crippen MR) is 70.5 cm³/mol. The second kappa shape index (κ2) is 5.11. The number of ether oxygens (including phenoxy) is 1. The van der Waals surface area contributed by atoms with Crippen LogP contribution in [-0.4, -0.2) is 9.59 Å². The van der Waals surface area contributed by atoms with E-state index in [1.54, 1.807) is 0 Å². The monoisotopic (exact) mass is 363 g/mol. The minimum atomic E-state index is 0.309. The maximum atomic E-state index is 5.67. The van der Waals surface area contributed by atoms with E-state index in [0.717, 1.165) is 26.2 Å². The van der Waals surface area contributed by atoms with Gasteiger partial charge in [-0.2, -0.15) is 0 Å². The van der Waals surface area contributed by atoms with Gasteiger partial charge in [-0.05, 0) is 44.0 Å². The molecule has 0 saturated heterocycles. The van der Waals surface area contributed by atoms with Crippen molar-refractivity contribution in [3.63, 3.8) is 0 Å². The van der Waals surface area contributed by atoms with Crippen LogP contribution in [0.1, 0.15) is 5.69 Å². The van der Waals surface area contributed by atoms with Crippen molar-refractivity contribution in [1.29, 1.82) is 0 Å². The quantitative estimate of drug-likeness (QED) is 0.908. The van der Waals surface area contributed by atoms with Gasteiger partial charge in [-0.3, -0.25) is 0 Å². The Kier molecular flexibility index (Phi) is 3.78. The molecule has 1 aromatic heterocycles. The molecule has 0 aliphatic heterocycles. The molecule has 4 nitrogen and oxygen atoms in total. The van der Waals surface area contributed by atoms with Crippen molar-refractivity contribution in [3.8, 4) is 5.75 Å². The van der Waals surface area contributed by atoms with Gasteiger partial charge in [0, 0.05) is 11.5 Å². The van der Waals surface area contributed by atoms with Crippen molar-refractivity contribution in [1.82, 2.24) is 9.59 Å². The summed E-state index contributed by atoms with van der Waals surface area (Å²) >= 11 is 7.98. The van der Waals surface area contributed by atoms with E-state index in [1.807, 2.05) is 18.2 Å². The van der Waals surface area contributed by atoms with Crippen molar-refractivity contribution in [2.24, 2.45) is 0 Å². The predicted octanol–water partition coefficient (Wildman–Crippen LogP) is 3.22. The molecule has 0 saturated carbocycles. The molecule has 2 N–H and O–H groups in total. The summed E-state index contributed by atoms with van der Waals surface area (Å²) in [6, 6.07) is 5.73. The second-order valence-electron chi connectivity index (χ2n) is 2.92. The smallest absolute Gasteiger partial charge is 0.148 e. The average molecular weight is 365 g/mol. The number of rotatable bonds is 3. The first-order valence-corrected chi connectivity index (χ1v) is 6.68. The molecule has 0 aliphatic rings. The van der Waals surface area contributed by atoms with Crippen LogP contribution in [0.5, 0.6) is 5.75 Å². The first-order valence-electron chi connectivity index (χ1n) is 4.32. The van der Waals surface area contributed by atoms with Crippen LogP contribution >= 0.6 is 43.4 Å². The maximum absolute atomic E-state index is 5.67. The zero-order valence-corrected chi connectivity index (χ0v) is 12.0. The second-order valence-corrected chi connectivity index (χ2v) is 5.42. The third-order valence-electron chi connectivity index (χ3n) is 1.86. The van der Waals surface area contributed by atoms with E-state index in [-0.39, 0.29) is 0 Å². The van der Waals surface area contributed by atoms with Gasteiger partial charge in [0.2, 0.25) is 0 Å². The SMILES string of the molecule is Nc1snnc1COc1c(Br)cccc1Br. The molecule has 0 unspecified atom stereocenters. The molecule has 0 radical (unpaired) electrons. The van der Waals surface area contributed by atoms with Gasteiger partial charge in [0.05, 0.1) is 8.95 Å². The highest BCUT2D eigenvalue weighted by Crippen LogP contribution is 2.33. The van der Waals surface area contributed by atoms with E-state index in [2.05, 4.69) is 41.4 Å². The Morgan fingerprint density at radius 3 is 2.56 bits per heavy atom. The summed E-state index contributed by atoms with van der Waals surface area (Å²) in [5, 5.41) is 4.46. The largest absolute Gasteiger partial charge is 0.485 e. The van der Waals surface area contributed by atoms with Crippen molar-refractivity contribution in [3.05, 3.63) is 32.8 Å². The van der Waals surface area contributed by atoms with Crippen LogP contribution in [0.2, 0.25) is 0 Å². The van der Waals surface area contributed by atoms with Gasteiger partial charge in [0.15, 0.2) is 0 Å². The highest BCUT2D eigenvalue weighted by atomic mass is 79.9. The van der Waals surface area contributed by atoms with E-state index in [9.17, 15) is 0 Å². The van der Waals surface area contributed by atoms with Crippen LogP contribution in [0.25, 0.3) is 0 Å². The lowest BCUT2D eigenvalue weighted by molar-refractivity contribution is 0.298. The normalized spacial score (nSPS) is 10.4. The van der Waals surface area contributed by atoms with Crippen molar-refractivity contribution in [2.75, 3.05) is 5.73 Å². The Balaban J connectivity index is 2.14. The highest BCUT2D eigenvalue weighted by Gasteiger charge is 2.09. The molecule has 0 bridgehead atoms. The molecule has 0 aliphatic carbocycles. The number of nitrogens with zero attached hydrogens (tertiary/aromatic N) is 2. The molecule has 0 atom stereocenters. The zero-order valence-electron chi connectivity index (χ0n) is 7.98. The van der Waals surface area contributed by atoms with Crippen LogP contribution in [0, 0.1) is 0 Å². The molecular formula is C9H7Br2N3OS. The Morgan fingerprint density at radius 1 is 1.31 bits per heavy atom. The number of nitrogens with two attached hydrogens (primary N) is 1. The zero-order chi connectivity index (χ0) is 11.5. The number of anilines is 1. The van der Waals surface area contributed by atoms with Gasteiger partial charge in [-0.1, -0.05) is 10.6 Å². The highest BCUT2D eigenvalue weighted by molar-refractivity contribution is 9.11. The number of halogens is 2. The third kappa shape index (κ3) is 2.53. The Hall–Kier alpha value is -0.660. The Bertz CT molecular complexity index is 483. The first-order chi connectivity index (χ1) is 7.68. The molecule has 2 rings (SSSR count). The van der Waals surface area contributed by atoms with Crippen LogP contribution < -0.4 is 10.5 Å². The van der Waals surface area contributed by atoms with Gasteiger partial charge in [-0.25, -0.2) is 0 Å². The van der Waals surface area contributed by atoms with Gasteiger partial charge in [0.1, 0.15) is 23.1 Å². The summed E-state index contributed by atoms with van der Waals surface area (Å²) < 4.78 is 11.1. The number of hydrogen-bond acceptors (Lipinski definition) is 5. The molecule has 84 valence electrons. The molecule has 0 fully saturated rings. The number of aromatic nitrogens is 2. The van der Waals surface area contributed by atoms with Crippen LogP contribution in [-0.2, 0) is 6.61 Å². The van der Waals surface area contributed by atoms with Crippen LogP contribution in [0.15, 0.2) is 27.1 Å². The van der Waals surface area contributed by atoms with Gasteiger partial charge >= 0.3 is 0 Å². The van der Waals surface area contributed by atoms with E-state index < -0.39 is 0 Å². The van der Waals surface area contributed by atoms with Crippen LogP contribution in [0.4, 0.5) is 5.00 Å². The minimum absolute atomic E-state index is 0.309. The van der Waals surface area contributed by atoms with E-state index in [4.69, 9.17) is 10.5 Å². The number of para-hydroxylation sites is 1. The lowest BCUT2D eigenvalue weighted by Gasteiger charge is -2.08. The topological polar surface area (TPSA) is 61.0 Å². The third-order valence-corrected chi connectivity index (χ3v) is 3.70. The van der Waals surface area contributed by atoms with Gasteiger partial charge < -0.3 is 10.5 Å². The maximum Gasteiger partial charge on any atom is 0.148 e. The van der Waals surface area contributed by atoms with Crippen molar-refractivity contribution >= 4 is 48.4 Å². The van der Waals surface area contributed by atoms with Gasteiger partial charge in [-0.15, -0.1) is 5.10 Å². The fraction of sp³-hybridized carbons (Fsp3) is 0.111. The molecule has 1 aromatic carbocycles. The molecule has 2 aromatic rings. The Morgan fingerprint density at radius 2 is 2.00 bits per heavy atom. The number of nitrogen functional groups attached to an aromatic ring is 1. The molecule has 0 spiro atoms. The van der Waals surface area contributed by atoms with E-state index in [1.165, 1.54) is 0 Å². The van der Waals surface area contributed by atoms with Crippen molar-refractivity contribution in [2.45, 2.75) is 6.61 Å². The number of hydrogen-bond donors (Lipinski definition) is 1. The fourth-order valence-electron chi connectivity index (χ4n) is 1.08. The summed E-state index contributed by atoms with van der Waals surface area (Å²) in [7, 11) is 0. The lowest BCUT2D eigenvalue weighted by Crippen LogP contribution is -2.00. The standard InChI is InChI=1S/C9H7Br2N3OS/c10-5-2-1-3-6(11)8(5)15-4-7-9(12)16-14-13-7/h1-3H,4,12H2. The molecule has 1 heterocycles.